The Kier molecular flexibility index (Phi) is 2.39. The van der Waals surface area contributed by atoms with Gasteiger partial charge in [-0.1, -0.05) is 0 Å². The fourth-order valence-corrected chi connectivity index (χ4v) is 2.01. The van der Waals surface area contributed by atoms with E-state index < -0.39 is 0 Å². The van der Waals surface area contributed by atoms with Gasteiger partial charge in [0, 0.05) is 30.0 Å². The van der Waals surface area contributed by atoms with E-state index in [-0.39, 0.29) is 0 Å². The first-order valence-corrected chi connectivity index (χ1v) is 6.02. The fraction of sp³-hybridized carbons (Fsp3) is 0.500. The van der Waals surface area contributed by atoms with Gasteiger partial charge in [0.2, 0.25) is 5.95 Å². The number of aromatic amines is 1. The summed E-state index contributed by atoms with van der Waals surface area (Å²) in [6, 6.07) is 0.657. The molecular weight excluding hydrogens is 214 g/mol. The molecule has 0 amide bonds. The number of anilines is 1. The zero-order chi connectivity index (χ0) is 11.8. The molecule has 0 aliphatic heterocycles. The van der Waals surface area contributed by atoms with E-state index in [1.165, 1.54) is 18.4 Å². The Hall–Kier alpha value is -1.78. The highest BCUT2D eigenvalue weighted by atomic mass is 15.2. The Labute approximate surface area is 100 Å². The number of hydrogen-bond acceptors (Lipinski definition) is 3. The molecule has 1 saturated carbocycles. The van der Waals surface area contributed by atoms with Crippen molar-refractivity contribution in [3.63, 3.8) is 0 Å². The molecule has 0 unspecified atom stereocenters. The van der Waals surface area contributed by atoms with Crippen LogP contribution in [0.4, 0.5) is 5.95 Å². The summed E-state index contributed by atoms with van der Waals surface area (Å²) < 4.78 is 2.25. The van der Waals surface area contributed by atoms with Gasteiger partial charge in [-0.3, -0.25) is 5.10 Å². The minimum Gasteiger partial charge on any atom is -0.351 e. The summed E-state index contributed by atoms with van der Waals surface area (Å²) in [6.07, 6.45) is 6.53. The predicted molar refractivity (Wildman–Crippen MR) is 65.9 cm³/mol. The number of aromatic nitrogens is 4. The maximum absolute atomic E-state index is 4.52. The SMILES string of the molecule is Cc1cn(C2CC2)c(NCc2cn[nH]c2C)n1. The predicted octanol–water partition coefficient (Wildman–Crippen LogP) is 2.17. The smallest absolute Gasteiger partial charge is 0.203 e. The van der Waals surface area contributed by atoms with E-state index in [1.54, 1.807) is 0 Å². The molecule has 0 atom stereocenters. The average Bonchev–Trinajstić information content (AvgIpc) is 2.97. The van der Waals surface area contributed by atoms with Crippen molar-refractivity contribution < 1.29 is 0 Å². The molecule has 3 rings (SSSR count). The third kappa shape index (κ3) is 2.05. The molecule has 17 heavy (non-hydrogen) atoms. The summed E-state index contributed by atoms with van der Waals surface area (Å²) in [5, 5.41) is 10.3. The van der Waals surface area contributed by atoms with E-state index in [4.69, 9.17) is 0 Å². The van der Waals surface area contributed by atoms with Crippen LogP contribution in [0.25, 0.3) is 0 Å². The summed E-state index contributed by atoms with van der Waals surface area (Å²) in [4.78, 5) is 4.52. The summed E-state index contributed by atoms with van der Waals surface area (Å²) in [6.45, 7) is 4.83. The molecule has 1 aliphatic carbocycles. The molecule has 2 heterocycles. The standard InChI is InChI=1S/C12H17N5/c1-8-7-17(11-3-4-11)12(15-8)13-5-10-6-14-16-9(10)2/h6-7,11H,3-5H2,1-2H3,(H,13,15)(H,14,16). The third-order valence-electron chi connectivity index (χ3n) is 3.16. The maximum Gasteiger partial charge on any atom is 0.203 e. The van der Waals surface area contributed by atoms with Crippen LogP contribution in [-0.4, -0.2) is 19.7 Å². The van der Waals surface area contributed by atoms with Gasteiger partial charge in [0.25, 0.3) is 0 Å². The number of rotatable bonds is 4. The Morgan fingerprint density at radius 2 is 2.29 bits per heavy atom. The summed E-state index contributed by atoms with van der Waals surface area (Å²) >= 11 is 0. The Bertz CT molecular complexity index is 521. The second-order valence-electron chi connectivity index (χ2n) is 4.72. The Balaban J connectivity index is 1.74. The minimum absolute atomic E-state index is 0.657. The molecule has 90 valence electrons. The molecule has 0 bridgehead atoms. The highest BCUT2D eigenvalue weighted by Gasteiger charge is 2.26. The zero-order valence-electron chi connectivity index (χ0n) is 10.2. The van der Waals surface area contributed by atoms with Crippen molar-refractivity contribution in [2.24, 2.45) is 0 Å². The molecule has 0 radical (unpaired) electrons. The molecular formula is C12H17N5. The summed E-state index contributed by atoms with van der Waals surface area (Å²) in [5.74, 6) is 0.977. The number of aryl methyl sites for hydroxylation is 2. The zero-order valence-corrected chi connectivity index (χ0v) is 10.2. The third-order valence-corrected chi connectivity index (χ3v) is 3.16. The molecule has 5 heteroatoms. The number of nitrogens with zero attached hydrogens (tertiary/aromatic N) is 3. The monoisotopic (exact) mass is 231 g/mol. The lowest BCUT2D eigenvalue weighted by Gasteiger charge is -2.07. The topological polar surface area (TPSA) is 58.5 Å². The average molecular weight is 231 g/mol. The summed E-state index contributed by atoms with van der Waals surface area (Å²) in [7, 11) is 0. The van der Waals surface area contributed by atoms with Crippen LogP contribution in [0.15, 0.2) is 12.4 Å². The first-order chi connectivity index (χ1) is 8.24. The molecule has 2 aromatic heterocycles. The van der Waals surface area contributed by atoms with Crippen molar-refractivity contribution in [2.75, 3.05) is 5.32 Å². The van der Waals surface area contributed by atoms with Crippen molar-refractivity contribution >= 4 is 5.95 Å². The number of imidazole rings is 1. The van der Waals surface area contributed by atoms with Crippen molar-refractivity contribution in [3.05, 3.63) is 29.3 Å². The molecule has 2 aromatic rings. The van der Waals surface area contributed by atoms with Crippen molar-refractivity contribution in [2.45, 2.75) is 39.3 Å². The number of H-pyrrole nitrogens is 1. The molecule has 0 aromatic carbocycles. The molecule has 2 N–H and O–H groups in total. The summed E-state index contributed by atoms with van der Waals surface area (Å²) in [5.41, 5.74) is 3.37. The lowest BCUT2D eigenvalue weighted by Crippen LogP contribution is -2.06. The normalized spacial score (nSPS) is 15.2. The van der Waals surface area contributed by atoms with Crippen molar-refractivity contribution in [3.8, 4) is 0 Å². The maximum atomic E-state index is 4.52. The van der Waals surface area contributed by atoms with E-state index in [2.05, 4.69) is 31.3 Å². The van der Waals surface area contributed by atoms with Crippen LogP contribution in [-0.2, 0) is 6.54 Å². The van der Waals surface area contributed by atoms with Crippen LogP contribution >= 0.6 is 0 Å². The van der Waals surface area contributed by atoms with Crippen LogP contribution in [0.3, 0.4) is 0 Å². The Morgan fingerprint density at radius 1 is 1.47 bits per heavy atom. The quantitative estimate of drug-likeness (QED) is 0.847. The van der Waals surface area contributed by atoms with Gasteiger partial charge >= 0.3 is 0 Å². The molecule has 0 saturated heterocycles. The van der Waals surface area contributed by atoms with Gasteiger partial charge in [0.15, 0.2) is 0 Å². The van der Waals surface area contributed by atoms with Gasteiger partial charge in [-0.15, -0.1) is 0 Å². The molecule has 1 aliphatic rings. The lowest BCUT2D eigenvalue weighted by atomic mass is 10.3. The van der Waals surface area contributed by atoms with Crippen molar-refractivity contribution in [1.82, 2.24) is 19.7 Å². The number of hydrogen-bond donors (Lipinski definition) is 2. The van der Waals surface area contributed by atoms with Gasteiger partial charge in [-0.2, -0.15) is 5.10 Å². The van der Waals surface area contributed by atoms with Crippen LogP contribution in [0.1, 0.15) is 35.8 Å². The Morgan fingerprint density at radius 3 is 2.94 bits per heavy atom. The van der Waals surface area contributed by atoms with Crippen molar-refractivity contribution in [1.29, 1.82) is 0 Å². The first kappa shape index (κ1) is 10.4. The molecule has 5 nitrogen and oxygen atoms in total. The second-order valence-corrected chi connectivity index (χ2v) is 4.72. The first-order valence-electron chi connectivity index (χ1n) is 6.02. The fourth-order valence-electron chi connectivity index (χ4n) is 2.01. The largest absolute Gasteiger partial charge is 0.351 e. The van der Waals surface area contributed by atoms with E-state index >= 15 is 0 Å². The van der Waals surface area contributed by atoms with Gasteiger partial charge < -0.3 is 9.88 Å². The van der Waals surface area contributed by atoms with Gasteiger partial charge in [-0.05, 0) is 26.7 Å². The van der Waals surface area contributed by atoms with Crippen LogP contribution in [0.5, 0.6) is 0 Å². The van der Waals surface area contributed by atoms with Crippen LogP contribution in [0, 0.1) is 13.8 Å². The number of nitrogens with one attached hydrogen (secondary N) is 2. The van der Waals surface area contributed by atoms with E-state index in [0.717, 1.165) is 23.9 Å². The van der Waals surface area contributed by atoms with E-state index in [0.29, 0.717) is 6.04 Å². The van der Waals surface area contributed by atoms with E-state index in [9.17, 15) is 0 Å². The minimum atomic E-state index is 0.657. The second kappa shape index (κ2) is 3.91. The van der Waals surface area contributed by atoms with Gasteiger partial charge in [-0.25, -0.2) is 4.98 Å². The van der Waals surface area contributed by atoms with E-state index in [1.807, 2.05) is 20.0 Å². The lowest BCUT2D eigenvalue weighted by molar-refractivity contribution is 0.742. The molecule has 1 fully saturated rings. The van der Waals surface area contributed by atoms with Gasteiger partial charge in [0.1, 0.15) is 0 Å². The highest BCUT2D eigenvalue weighted by Crippen LogP contribution is 2.37. The molecule has 0 spiro atoms. The van der Waals surface area contributed by atoms with Gasteiger partial charge in [0.05, 0.1) is 11.9 Å². The van der Waals surface area contributed by atoms with Crippen LogP contribution < -0.4 is 5.32 Å². The van der Waals surface area contributed by atoms with Crippen LogP contribution in [0.2, 0.25) is 0 Å². The highest BCUT2D eigenvalue weighted by molar-refractivity contribution is 5.32.